The molecule has 0 aliphatic carbocycles. The molecule has 0 spiro atoms. The fourth-order valence-corrected chi connectivity index (χ4v) is 6.48. The minimum Gasteiger partial charge on any atom is -0.481 e. The van der Waals surface area contributed by atoms with Crippen molar-refractivity contribution in [3.05, 3.63) is 87.1 Å². The predicted molar refractivity (Wildman–Crippen MR) is 144 cm³/mol. The van der Waals surface area contributed by atoms with Gasteiger partial charge >= 0.3 is 5.97 Å². The highest BCUT2D eigenvalue weighted by Gasteiger charge is 2.27. The van der Waals surface area contributed by atoms with Crippen molar-refractivity contribution in [1.29, 1.82) is 0 Å². The van der Waals surface area contributed by atoms with E-state index in [2.05, 4.69) is 70.7 Å². The summed E-state index contributed by atoms with van der Waals surface area (Å²) in [5.41, 5.74) is 4.61. The molecule has 4 heteroatoms. The van der Waals surface area contributed by atoms with Gasteiger partial charge in [0.1, 0.15) is 11.4 Å². The molecule has 0 aliphatic rings. The third kappa shape index (κ3) is 5.61. The molecule has 34 heavy (non-hydrogen) atoms. The van der Waals surface area contributed by atoms with Crippen molar-refractivity contribution >= 4 is 22.0 Å². The second-order valence-corrected chi connectivity index (χ2v) is 12.0. The van der Waals surface area contributed by atoms with Gasteiger partial charge in [0.05, 0.1) is 0 Å². The van der Waals surface area contributed by atoms with E-state index < -0.39 is 5.60 Å². The number of aryl methyl sites for hydroxylation is 3. The number of hydrogen-bond donors (Lipinski definition) is 0. The van der Waals surface area contributed by atoms with Gasteiger partial charge in [0.25, 0.3) is 0 Å². The predicted octanol–water partition coefficient (Wildman–Crippen LogP) is 8.36. The smallest absolute Gasteiger partial charge is 0.345 e. The van der Waals surface area contributed by atoms with Crippen molar-refractivity contribution in [3.63, 3.8) is 0 Å². The van der Waals surface area contributed by atoms with Crippen LogP contribution in [-0.2, 0) is 15.1 Å². The van der Waals surface area contributed by atoms with Gasteiger partial charge in [-0.05, 0) is 68.9 Å². The Morgan fingerprint density at radius 3 is 2.12 bits per heavy atom. The van der Waals surface area contributed by atoms with Crippen LogP contribution < -0.4 is 4.74 Å². The van der Waals surface area contributed by atoms with Crippen molar-refractivity contribution in [2.24, 2.45) is 0 Å². The molecular formula is C30H37O3S+. The average molecular weight is 478 g/mol. The van der Waals surface area contributed by atoms with Crippen LogP contribution in [0.2, 0.25) is 0 Å². The van der Waals surface area contributed by atoms with Gasteiger partial charge in [0, 0.05) is 41.2 Å². The Morgan fingerprint density at radius 1 is 1.00 bits per heavy atom. The van der Waals surface area contributed by atoms with E-state index >= 15 is 0 Å². The summed E-state index contributed by atoms with van der Waals surface area (Å²) >= 11 is 0. The Hall–Kier alpha value is -2.85. The largest absolute Gasteiger partial charge is 0.481 e. The molecule has 0 saturated carbocycles. The zero-order valence-electron chi connectivity index (χ0n) is 21.7. The van der Waals surface area contributed by atoms with Crippen LogP contribution in [0.25, 0.3) is 10.5 Å². The third-order valence-corrected chi connectivity index (χ3v) is 8.49. The molecule has 0 N–H and O–H groups in total. The number of hydrogen-bond acceptors (Lipinski definition) is 3. The molecule has 3 rings (SSSR count). The maximum atomic E-state index is 12.7. The van der Waals surface area contributed by atoms with Gasteiger partial charge in [-0.3, -0.25) is 0 Å². The van der Waals surface area contributed by atoms with E-state index in [1.54, 1.807) is 0 Å². The summed E-state index contributed by atoms with van der Waals surface area (Å²) in [6, 6.07) is 16.9. The lowest BCUT2D eigenvalue weighted by Crippen LogP contribution is -2.28. The average Bonchev–Trinajstić information content (AvgIpc) is 3.14. The van der Waals surface area contributed by atoms with Gasteiger partial charge in [-0.15, -0.1) is 0 Å². The standard InChI is InChI=1S/C30H37O3S/c1-19(2)24-11-13-25(14-12-24)30(8,9)33-28(31)18-32-29-21(5)16-26(17-22(29)6)34-23(7)10-15-27(34)20(3)4/h10-17,19H,3,18H2,1-2,4-9H3/q+1. The molecule has 0 saturated heterocycles. The summed E-state index contributed by atoms with van der Waals surface area (Å²) in [6.07, 6.45) is 0. The van der Waals surface area contributed by atoms with Gasteiger partial charge < -0.3 is 9.47 Å². The first kappa shape index (κ1) is 25.8. The summed E-state index contributed by atoms with van der Waals surface area (Å²) in [5.74, 6) is 0.818. The number of benzene rings is 2. The monoisotopic (exact) mass is 477 g/mol. The zero-order chi connectivity index (χ0) is 25.2. The molecule has 1 heterocycles. The van der Waals surface area contributed by atoms with Crippen molar-refractivity contribution in [2.75, 3.05) is 6.61 Å². The van der Waals surface area contributed by atoms with Crippen LogP contribution in [0, 0.1) is 20.8 Å². The topological polar surface area (TPSA) is 35.5 Å². The number of ether oxygens (including phenoxy) is 2. The SMILES string of the molecule is C=C(C)c1ccc(C)[s+]1-c1cc(C)c(OCC(=O)OC(C)(C)c2ccc(C(C)C)cc2)c(C)c1. The number of allylic oxidation sites excluding steroid dienone is 1. The van der Waals surface area contributed by atoms with E-state index in [-0.39, 0.29) is 23.0 Å². The molecule has 0 radical (unpaired) electrons. The molecule has 0 fully saturated rings. The van der Waals surface area contributed by atoms with Crippen LogP contribution in [0.5, 0.6) is 5.75 Å². The van der Waals surface area contributed by atoms with E-state index in [0.717, 1.165) is 28.0 Å². The minimum absolute atomic E-state index is 0.109. The molecule has 0 bridgehead atoms. The highest BCUT2D eigenvalue weighted by molar-refractivity contribution is 7.40. The molecule has 1 atom stereocenters. The lowest BCUT2D eigenvalue weighted by molar-refractivity contribution is -0.159. The Labute approximate surface area is 207 Å². The Morgan fingerprint density at radius 2 is 1.59 bits per heavy atom. The summed E-state index contributed by atoms with van der Waals surface area (Å²) < 4.78 is 11.8. The first-order valence-corrected chi connectivity index (χ1v) is 13.0. The quantitative estimate of drug-likeness (QED) is 0.241. The van der Waals surface area contributed by atoms with Gasteiger partial charge in [0.15, 0.2) is 21.3 Å². The highest BCUT2D eigenvalue weighted by atomic mass is 32.2. The van der Waals surface area contributed by atoms with E-state index in [9.17, 15) is 4.79 Å². The van der Waals surface area contributed by atoms with Crippen LogP contribution in [0.15, 0.2) is 55.1 Å². The van der Waals surface area contributed by atoms with E-state index in [4.69, 9.17) is 9.47 Å². The van der Waals surface area contributed by atoms with Crippen LogP contribution in [-0.4, -0.2) is 12.6 Å². The number of thiophene rings is 1. The molecule has 1 aromatic heterocycles. The van der Waals surface area contributed by atoms with Crippen molar-refractivity contribution in [3.8, 4) is 10.6 Å². The van der Waals surface area contributed by atoms with Crippen LogP contribution in [0.1, 0.15) is 72.5 Å². The number of rotatable bonds is 8. The first-order valence-electron chi connectivity index (χ1n) is 11.8. The van der Waals surface area contributed by atoms with Gasteiger partial charge in [-0.2, -0.15) is 0 Å². The van der Waals surface area contributed by atoms with Crippen molar-refractivity contribution < 1.29 is 14.3 Å². The first-order chi connectivity index (χ1) is 15.9. The molecule has 1 unspecified atom stereocenters. The van der Waals surface area contributed by atoms with E-state index in [0.29, 0.717) is 5.92 Å². The zero-order valence-corrected chi connectivity index (χ0v) is 22.6. The maximum absolute atomic E-state index is 12.7. The van der Waals surface area contributed by atoms with Gasteiger partial charge in [0.2, 0.25) is 0 Å². The number of carbonyl (C=O) groups is 1. The molecule has 2 aromatic carbocycles. The van der Waals surface area contributed by atoms with Crippen LogP contribution >= 0.6 is 10.5 Å². The molecular weight excluding hydrogens is 440 g/mol. The second-order valence-electron chi connectivity index (χ2n) is 9.83. The summed E-state index contributed by atoms with van der Waals surface area (Å²) in [6.45, 7) is 20.4. The second kappa shape index (κ2) is 10.2. The Balaban J connectivity index is 1.72. The molecule has 3 nitrogen and oxygen atoms in total. The molecule has 180 valence electrons. The van der Waals surface area contributed by atoms with Crippen LogP contribution in [0.3, 0.4) is 0 Å². The maximum Gasteiger partial charge on any atom is 0.345 e. The van der Waals surface area contributed by atoms with E-state index in [1.807, 2.05) is 39.8 Å². The van der Waals surface area contributed by atoms with Gasteiger partial charge in [-0.1, -0.05) is 44.7 Å². The normalized spacial score (nSPS) is 12.1. The lowest BCUT2D eigenvalue weighted by atomic mass is 9.94. The minimum atomic E-state index is -0.733. The fourth-order valence-electron chi connectivity index (χ4n) is 4.16. The Bertz CT molecular complexity index is 1170. The fraction of sp³-hybridized carbons (Fsp3) is 0.367. The molecule has 3 aromatic rings. The summed E-state index contributed by atoms with van der Waals surface area (Å²) in [4.78, 5) is 16.5. The van der Waals surface area contributed by atoms with Crippen LogP contribution in [0.4, 0.5) is 0 Å². The Kier molecular flexibility index (Phi) is 7.72. The van der Waals surface area contributed by atoms with E-state index in [1.165, 1.54) is 20.2 Å². The van der Waals surface area contributed by atoms with Crippen molar-refractivity contribution in [1.82, 2.24) is 0 Å². The number of esters is 1. The van der Waals surface area contributed by atoms with Gasteiger partial charge in [-0.25, -0.2) is 4.79 Å². The third-order valence-electron chi connectivity index (χ3n) is 6.08. The summed E-state index contributed by atoms with van der Waals surface area (Å²) in [5, 5.41) is 0. The molecule has 0 amide bonds. The van der Waals surface area contributed by atoms with Crippen molar-refractivity contribution in [2.45, 2.75) is 66.9 Å². The summed E-state index contributed by atoms with van der Waals surface area (Å²) in [7, 11) is -0.109. The highest BCUT2D eigenvalue weighted by Crippen LogP contribution is 2.44. The lowest BCUT2D eigenvalue weighted by Gasteiger charge is -2.26. The number of carbonyl (C=O) groups excluding carboxylic acids is 1. The molecule has 0 aliphatic heterocycles.